The molecule has 0 amide bonds. The molecule has 0 aliphatic heterocycles. The van der Waals surface area contributed by atoms with E-state index in [0.717, 1.165) is 0 Å². The number of aryl methyl sites for hydroxylation is 1. The molecule has 15 heavy (non-hydrogen) atoms. The van der Waals surface area contributed by atoms with Gasteiger partial charge in [-0.2, -0.15) is 0 Å². The molecule has 1 N–H and O–H groups in total. The van der Waals surface area contributed by atoms with Gasteiger partial charge < -0.3 is 4.98 Å². The number of H-pyrrole nitrogens is 1. The number of aromatic amines is 1. The summed E-state index contributed by atoms with van der Waals surface area (Å²) in [6.45, 7) is 10.6. The normalized spacial score (nSPS) is 10.3. The molecule has 0 fully saturated rings. The van der Waals surface area contributed by atoms with Crippen molar-refractivity contribution in [1.82, 2.24) is 4.98 Å². The molecule has 1 nitrogen and oxygen atoms in total. The maximum absolute atomic E-state index is 3.35. The first kappa shape index (κ1) is 11.8. The summed E-state index contributed by atoms with van der Waals surface area (Å²) in [5.41, 5.74) is 3.92. The topological polar surface area (TPSA) is 15.8 Å². The molecule has 0 spiro atoms. The number of hydrogen-bond donors (Lipinski definition) is 1. The molecule has 2 rings (SSSR count). The number of fused-ring (bicyclic) bond motifs is 1. The molecule has 0 aliphatic carbocycles. The van der Waals surface area contributed by atoms with Crippen LogP contribution in [0.15, 0.2) is 24.3 Å². The van der Waals surface area contributed by atoms with Gasteiger partial charge in [-0.25, -0.2) is 0 Å². The number of aromatic nitrogens is 1. The van der Waals surface area contributed by atoms with Crippen LogP contribution in [-0.4, -0.2) is 4.98 Å². The van der Waals surface area contributed by atoms with Crippen molar-refractivity contribution in [3.63, 3.8) is 0 Å². The Hall–Kier alpha value is -1.24. The van der Waals surface area contributed by atoms with Gasteiger partial charge >= 0.3 is 0 Å². The molecule has 0 unspecified atom stereocenters. The maximum Gasteiger partial charge on any atom is 0.0458 e. The average molecular weight is 203 g/mol. The SMILES string of the molecule is CC.Cc1cc2c(C(C)C)cccc2[nH]1. The van der Waals surface area contributed by atoms with E-state index >= 15 is 0 Å². The van der Waals surface area contributed by atoms with Crippen LogP contribution in [0.1, 0.15) is 44.9 Å². The minimum Gasteiger partial charge on any atom is -0.359 e. The molecule has 1 aromatic carbocycles. The fourth-order valence-electron chi connectivity index (χ4n) is 1.82. The summed E-state index contributed by atoms with van der Waals surface area (Å²) in [6, 6.07) is 8.69. The number of hydrogen-bond acceptors (Lipinski definition) is 0. The van der Waals surface area contributed by atoms with Crippen molar-refractivity contribution < 1.29 is 0 Å². The van der Waals surface area contributed by atoms with E-state index in [9.17, 15) is 0 Å². The Labute approximate surface area is 92.5 Å². The minimum absolute atomic E-state index is 0.596. The van der Waals surface area contributed by atoms with Crippen LogP contribution in [0.2, 0.25) is 0 Å². The lowest BCUT2D eigenvalue weighted by atomic mass is 9.99. The molecular weight excluding hydrogens is 182 g/mol. The molecule has 82 valence electrons. The second-order valence-corrected chi connectivity index (χ2v) is 3.92. The summed E-state index contributed by atoms with van der Waals surface area (Å²) < 4.78 is 0. The molecule has 0 atom stereocenters. The molecule has 0 bridgehead atoms. The molecule has 0 saturated carbocycles. The van der Waals surface area contributed by atoms with Crippen LogP contribution in [0.3, 0.4) is 0 Å². The molecular formula is C14H21N. The first-order valence-corrected chi connectivity index (χ1v) is 5.76. The highest BCUT2D eigenvalue weighted by Crippen LogP contribution is 2.25. The van der Waals surface area contributed by atoms with Gasteiger partial charge in [-0.1, -0.05) is 39.8 Å². The van der Waals surface area contributed by atoms with E-state index in [4.69, 9.17) is 0 Å². The van der Waals surface area contributed by atoms with E-state index in [0.29, 0.717) is 5.92 Å². The lowest BCUT2D eigenvalue weighted by Crippen LogP contribution is -1.86. The van der Waals surface area contributed by atoms with Crippen LogP contribution in [0.25, 0.3) is 10.9 Å². The molecule has 1 heterocycles. The second-order valence-electron chi connectivity index (χ2n) is 3.92. The Morgan fingerprint density at radius 1 is 1.13 bits per heavy atom. The fourth-order valence-corrected chi connectivity index (χ4v) is 1.82. The van der Waals surface area contributed by atoms with Gasteiger partial charge in [-0.05, 0) is 30.5 Å². The van der Waals surface area contributed by atoms with Gasteiger partial charge in [0.25, 0.3) is 0 Å². The van der Waals surface area contributed by atoms with Crippen LogP contribution in [-0.2, 0) is 0 Å². The van der Waals surface area contributed by atoms with Crippen LogP contribution in [0.5, 0.6) is 0 Å². The third-order valence-electron chi connectivity index (χ3n) is 2.45. The smallest absolute Gasteiger partial charge is 0.0458 e. The van der Waals surface area contributed by atoms with Gasteiger partial charge in [0.1, 0.15) is 0 Å². The quantitative estimate of drug-likeness (QED) is 0.695. The molecule has 0 aliphatic rings. The van der Waals surface area contributed by atoms with Crippen molar-refractivity contribution in [1.29, 1.82) is 0 Å². The van der Waals surface area contributed by atoms with Gasteiger partial charge in [-0.3, -0.25) is 0 Å². The van der Waals surface area contributed by atoms with E-state index in [1.54, 1.807) is 0 Å². The summed E-state index contributed by atoms with van der Waals surface area (Å²) in [6.07, 6.45) is 0. The van der Waals surface area contributed by atoms with Crippen LogP contribution >= 0.6 is 0 Å². The highest BCUT2D eigenvalue weighted by Gasteiger charge is 2.05. The summed E-state index contributed by atoms with van der Waals surface area (Å²) in [7, 11) is 0. The van der Waals surface area contributed by atoms with Gasteiger partial charge in [0, 0.05) is 16.6 Å². The van der Waals surface area contributed by atoms with Crippen molar-refractivity contribution in [2.75, 3.05) is 0 Å². The van der Waals surface area contributed by atoms with Crippen LogP contribution in [0, 0.1) is 6.92 Å². The monoisotopic (exact) mass is 203 g/mol. The summed E-state index contributed by atoms with van der Waals surface area (Å²) in [5.74, 6) is 0.596. The largest absolute Gasteiger partial charge is 0.359 e. The van der Waals surface area contributed by atoms with Crippen LogP contribution < -0.4 is 0 Å². The third kappa shape index (κ3) is 2.41. The van der Waals surface area contributed by atoms with E-state index < -0.39 is 0 Å². The lowest BCUT2D eigenvalue weighted by Gasteiger charge is -2.05. The maximum atomic E-state index is 3.35. The van der Waals surface area contributed by atoms with Crippen molar-refractivity contribution in [2.45, 2.75) is 40.5 Å². The molecule has 1 aromatic heterocycles. The second kappa shape index (κ2) is 5.01. The summed E-state index contributed by atoms with van der Waals surface area (Å²) in [4.78, 5) is 3.35. The Balaban J connectivity index is 0.000000531. The zero-order valence-corrected chi connectivity index (χ0v) is 10.4. The van der Waals surface area contributed by atoms with E-state index in [1.165, 1.54) is 22.2 Å². The van der Waals surface area contributed by atoms with Crippen molar-refractivity contribution in [3.05, 3.63) is 35.5 Å². The fraction of sp³-hybridized carbons (Fsp3) is 0.429. The van der Waals surface area contributed by atoms with Gasteiger partial charge in [0.05, 0.1) is 0 Å². The predicted molar refractivity (Wildman–Crippen MR) is 68.5 cm³/mol. The Kier molecular flexibility index (Phi) is 3.96. The lowest BCUT2D eigenvalue weighted by molar-refractivity contribution is 0.876. The highest BCUT2D eigenvalue weighted by molar-refractivity contribution is 5.84. The highest BCUT2D eigenvalue weighted by atomic mass is 14.7. The average Bonchev–Trinajstić information content (AvgIpc) is 2.60. The number of benzene rings is 1. The van der Waals surface area contributed by atoms with E-state index in [-0.39, 0.29) is 0 Å². The first-order valence-electron chi connectivity index (χ1n) is 5.76. The van der Waals surface area contributed by atoms with E-state index in [1.807, 2.05) is 13.8 Å². The number of nitrogens with one attached hydrogen (secondary N) is 1. The zero-order valence-electron chi connectivity index (χ0n) is 10.4. The Morgan fingerprint density at radius 2 is 1.80 bits per heavy atom. The molecule has 2 aromatic rings. The Morgan fingerprint density at radius 3 is 2.40 bits per heavy atom. The predicted octanol–water partition coefficient (Wildman–Crippen LogP) is 4.63. The Bertz CT molecular complexity index is 424. The summed E-state index contributed by atoms with van der Waals surface area (Å²) in [5, 5.41) is 1.37. The van der Waals surface area contributed by atoms with Gasteiger partial charge in [-0.15, -0.1) is 0 Å². The third-order valence-corrected chi connectivity index (χ3v) is 2.45. The first-order chi connectivity index (χ1) is 7.18. The van der Waals surface area contributed by atoms with Gasteiger partial charge in [0.15, 0.2) is 0 Å². The molecule has 1 heteroatoms. The van der Waals surface area contributed by atoms with Crippen molar-refractivity contribution in [3.8, 4) is 0 Å². The van der Waals surface area contributed by atoms with Crippen molar-refractivity contribution in [2.24, 2.45) is 0 Å². The standard InChI is InChI=1S/C12H15N.C2H6/c1-8(2)10-5-4-6-12-11(10)7-9(3)13-12;1-2/h4-8,13H,1-3H3;1-2H3. The summed E-state index contributed by atoms with van der Waals surface area (Å²) >= 11 is 0. The number of rotatable bonds is 1. The minimum atomic E-state index is 0.596. The molecule has 0 saturated heterocycles. The van der Waals surface area contributed by atoms with Gasteiger partial charge in [0.2, 0.25) is 0 Å². The van der Waals surface area contributed by atoms with Crippen LogP contribution in [0.4, 0.5) is 0 Å². The van der Waals surface area contributed by atoms with Crippen molar-refractivity contribution >= 4 is 10.9 Å². The molecule has 0 radical (unpaired) electrons. The zero-order chi connectivity index (χ0) is 11.4. The van der Waals surface area contributed by atoms with E-state index in [2.05, 4.69) is 50.0 Å².